The van der Waals surface area contributed by atoms with E-state index in [0.29, 0.717) is 5.95 Å². The molecule has 7 nitrogen and oxygen atoms in total. The van der Waals surface area contributed by atoms with Crippen molar-refractivity contribution in [1.82, 2.24) is 9.55 Å². The summed E-state index contributed by atoms with van der Waals surface area (Å²) in [6.07, 6.45) is 0.162. The predicted molar refractivity (Wildman–Crippen MR) is 79.0 cm³/mol. The van der Waals surface area contributed by atoms with E-state index in [4.69, 9.17) is 10.8 Å². The van der Waals surface area contributed by atoms with Gasteiger partial charge < -0.3 is 15.4 Å². The third kappa shape index (κ3) is 3.03. The number of carboxylic acid groups (broad SMARTS) is 1. The number of aromatic nitrogens is 2. The number of nitrogens with two attached hydrogens (primary N) is 1. The Morgan fingerprint density at radius 1 is 1.43 bits per heavy atom. The number of hydrogen-bond acceptors (Lipinski definition) is 4. The Hall–Kier alpha value is -2.41. The van der Waals surface area contributed by atoms with Crippen molar-refractivity contribution in [3.05, 3.63) is 24.3 Å². The average molecular weight is 290 g/mol. The first-order valence-corrected chi connectivity index (χ1v) is 6.58. The topological polar surface area (TPSA) is 101 Å². The summed E-state index contributed by atoms with van der Waals surface area (Å²) in [4.78, 5) is 28.6. The maximum atomic E-state index is 12.1. The van der Waals surface area contributed by atoms with E-state index in [-0.39, 0.29) is 18.7 Å². The van der Waals surface area contributed by atoms with Crippen molar-refractivity contribution in [2.75, 3.05) is 11.9 Å². The number of rotatable bonds is 5. The van der Waals surface area contributed by atoms with Crippen LogP contribution in [0.15, 0.2) is 24.3 Å². The largest absolute Gasteiger partial charge is 0.480 e. The van der Waals surface area contributed by atoms with Gasteiger partial charge in [0, 0.05) is 20.5 Å². The molecule has 0 bridgehead atoms. The molecule has 0 saturated heterocycles. The smallest absolute Gasteiger partial charge is 0.320 e. The van der Waals surface area contributed by atoms with E-state index in [1.807, 2.05) is 35.9 Å². The van der Waals surface area contributed by atoms with Crippen LogP contribution in [0.25, 0.3) is 11.0 Å². The number of nitrogens with zero attached hydrogens (tertiary/aromatic N) is 3. The number of aliphatic carboxylic acids is 1. The molecule has 0 radical (unpaired) electrons. The number of amides is 1. The Morgan fingerprint density at radius 2 is 2.10 bits per heavy atom. The van der Waals surface area contributed by atoms with Gasteiger partial charge in [0.15, 0.2) is 0 Å². The highest BCUT2D eigenvalue weighted by atomic mass is 16.4. The molecule has 1 aromatic carbocycles. The number of carbonyl (C=O) groups excluding carboxylic acids is 1. The summed E-state index contributed by atoms with van der Waals surface area (Å²) in [6, 6.07) is 6.55. The molecule has 3 N–H and O–H groups in total. The molecule has 0 fully saturated rings. The van der Waals surface area contributed by atoms with Gasteiger partial charge >= 0.3 is 5.97 Å². The summed E-state index contributed by atoms with van der Waals surface area (Å²) in [6.45, 7) is 0. The van der Waals surface area contributed by atoms with Crippen LogP contribution in [0.3, 0.4) is 0 Å². The molecular formula is C14H18N4O3. The molecule has 1 unspecified atom stereocenters. The first-order valence-electron chi connectivity index (χ1n) is 6.58. The summed E-state index contributed by atoms with van der Waals surface area (Å²) >= 11 is 0. The third-order valence-corrected chi connectivity index (χ3v) is 3.42. The number of carboxylic acids is 1. The van der Waals surface area contributed by atoms with E-state index in [1.54, 1.807) is 7.05 Å². The van der Waals surface area contributed by atoms with Gasteiger partial charge in [-0.05, 0) is 18.6 Å². The standard InChI is InChI=1S/C14H18N4O3/c1-17-11-6-4-3-5-10(11)16-14(17)18(2)12(19)8-7-9(15)13(20)21/h3-6,9H,7-8,15H2,1-2H3,(H,20,21). The highest BCUT2D eigenvalue weighted by Gasteiger charge is 2.20. The first-order chi connectivity index (χ1) is 9.91. The van der Waals surface area contributed by atoms with Gasteiger partial charge in [-0.2, -0.15) is 0 Å². The Bertz CT molecular complexity index is 680. The van der Waals surface area contributed by atoms with E-state index in [9.17, 15) is 9.59 Å². The number of aryl methyl sites for hydroxylation is 1. The fraction of sp³-hybridized carbons (Fsp3) is 0.357. The van der Waals surface area contributed by atoms with Crippen LogP contribution in [-0.2, 0) is 16.6 Å². The van der Waals surface area contributed by atoms with Gasteiger partial charge in [0.25, 0.3) is 0 Å². The second-order valence-corrected chi connectivity index (χ2v) is 4.90. The van der Waals surface area contributed by atoms with Crippen LogP contribution in [-0.4, -0.2) is 39.6 Å². The Balaban J connectivity index is 2.14. The third-order valence-electron chi connectivity index (χ3n) is 3.42. The monoisotopic (exact) mass is 290 g/mol. The van der Waals surface area contributed by atoms with Gasteiger partial charge in [-0.1, -0.05) is 12.1 Å². The molecule has 0 saturated carbocycles. The zero-order chi connectivity index (χ0) is 15.6. The SMILES string of the molecule is CN(C(=O)CCC(N)C(=O)O)c1nc2ccccc2n1C. The molecule has 1 atom stereocenters. The van der Waals surface area contributed by atoms with E-state index in [2.05, 4.69) is 4.98 Å². The van der Waals surface area contributed by atoms with E-state index in [1.165, 1.54) is 4.90 Å². The normalized spacial score (nSPS) is 12.3. The van der Waals surface area contributed by atoms with Gasteiger partial charge in [0.1, 0.15) is 6.04 Å². The van der Waals surface area contributed by atoms with E-state index in [0.717, 1.165) is 11.0 Å². The number of carbonyl (C=O) groups is 2. The Morgan fingerprint density at radius 3 is 2.71 bits per heavy atom. The molecule has 0 aliphatic heterocycles. The summed E-state index contributed by atoms with van der Waals surface area (Å²) in [7, 11) is 3.45. The number of benzene rings is 1. The van der Waals surface area contributed by atoms with Crippen molar-refractivity contribution in [1.29, 1.82) is 0 Å². The molecule has 1 amide bonds. The fourth-order valence-corrected chi connectivity index (χ4v) is 2.11. The molecule has 0 aliphatic carbocycles. The maximum absolute atomic E-state index is 12.1. The number of imidazole rings is 1. The van der Waals surface area contributed by atoms with Crippen molar-refractivity contribution in [3.8, 4) is 0 Å². The zero-order valence-electron chi connectivity index (χ0n) is 12.0. The van der Waals surface area contributed by atoms with E-state index < -0.39 is 12.0 Å². The van der Waals surface area contributed by atoms with Crippen LogP contribution in [0.5, 0.6) is 0 Å². The maximum Gasteiger partial charge on any atom is 0.320 e. The van der Waals surface area contributed by atoms with Crippen LogP contribution in [0.2, 0.25) is 0 Å². The zero-order valence-corrected chi connectivity index (χ0v) is 12.0. The van der Waals surface area contributed by atoms with Gasteiger partial charge in [-0.25, -0.2) is 4.98 Å². The van der Waals surface area contributed by atoms with Crippen molar-refractivity contribution >= 4 is 28.9 Å². The quantitative estimate of drug-likeness (QED) is 0.845. The molecule has 7 heteroatoms. The summed E-state index contributed by atoms with van der Waals surface area (Å²) in [5.74, 6) is -0.802. The molecule has 2 aromatic rings. The highest BCUT2D eigenvalue weighted by molar-refractivity contribution is 5.93. The lowest BCUT2D eigenvalue weighted by Gasteiger charge is -2.17. The van der Waals surface area contributed by atoms with Gasteiger partial charge in [-0.3, -0.25) is 14.5 Å². The lowest BCUT2D eigenvalue weighted by molar-refractivity contribution is -0.138. The van der Waals surface area contributed by atoms with Crippen LogP contribution in [0.1, 0.15) is 12.8 Å². The minimum Gasteiger partial charge on any atom is -0.480 e. The second-order valence-electron chi connectivity index (χ2n) is 4.90. The van der Waals surface area contributed by atoms with Crippen LogP contribution < -0.4 is 10.6 Å². The average Bonchev–Trinajstić information content (AvgIpc) is 2.81. The molecular weight excluding hydrogens is 272 g/mol. The summed E-state index contributed by atoms with van der Waals surface area (Å²) < 4.78 is 1.82. The minimum atomic E-state index is -1.10. The highest BCUT2D eigenvalue weighted by Crippen LogP contribution is 2.20. The number of anilines is 1. The fourth-order valence-electron chi connectivity index (χ4n) is 2.11. The summed E-state index contributed by atoms with van der Waals surface area (Å²) in [5, 5.41) is 8.72. The lowest BCUT2D eigenvalue weighted by atomic mass is 10.1. The lowest BCUT2D eigenvalue weighted by Crippen LogP contribution is -2.34. The predicted octanol–water partition coefficient (Wildman–Crippen LogP) is 0.728. The van der Waals surface area contributed by atoms with Crippen LogP contribution in [0, 0.1) is 0 Å². The number of hydrogen-bond donors (Lipinski definition) is 2. The van der Waals surface area contributed by atoms with Gasteiger partial charge in [-0.15, -0.1) is 0 Å². The minimum absolute atomic E-state index is 0.0627. The second kappa shape index (κ2) is 5.92. The number of para-hydroxylation sites is 2. The number of fused-ring (bicyclic) bond motifs is 1. The molecule has 21 heavy (non-hydrogen) atoms. The molecule has 1 heterocycles. The van der Waals surface area contributed by atoms with Crippen molar-refractivity contribution in [2.45, 2.75) is 18.9 Å². The van der Waals surface area contributed by atoms with E-state index >= 15 is 0 Å². The van der Waals surface area contributed by atoms with Crippen molar-refractivity contribution < 1.29 is 14.7 Å². The molecule has 2 rings (SSSR count). The molecule has 112 valence electrons. The first kappa shape index (κ1) is 15.0. The Kier molecular flexibility index (Phi) is 4.23. The van der Waals surface area contributed by atoms with Crippen molar-refractivity contribution in [2.24, 2.45) is 12.8 Å². The van der Waals surface area contributed by atoms with Gasteiger partial charge in [0.05, 0.1) is 11.0 Å². The van der Waals surface area contributed by atoms with Crippen molar-refractivity contribution in [3.63, 3.8) is 0 Å². The van der Waals surface area contributed by atoms with Crippen LogP contribution in [0.4, 0.5) is 5.95 Å². The summed E-state index contributed by atoms with van der Waals surface area (Å²) in [5.41, 5.74) is 7.13. The molecule has 0 aliphatic rings. The van der Waals surface area contributed by atoms with Gasteiger partial charge in [0.2, 0.25) is 11.9 Å². The molecule has 0 spiro atoms. The van der Waals surface area contributed by atoms with Crippen LogP contribution >= 0.6 is 0 Å². The Labute approximate surface area is 122 Å². The molecule has 1 aromatic heterocycles.